The van der Waals surface area contributed by atoms with Crippen LogP contribution in [0.4, 0.5) is 0 Å². The van der Waals surface area contributed by atoms with Gasteiger partial charge in [-0.25, -0.2) is 9.97 Å². The van der Waals surface area contributed by atoms with Crippen LogP contribution in [-0.4, -0.2) is 50.9 Å². The second-order valence-corrected chi connectivity index (χ2v) is 8.04. The summed E-state index contributed by atoms with van der Waals surface area (Å²) in [4.78, 5) is 11.4. The largest absolute Gasteiger partial charge is 0.372 e. The molecule has 0 bridgehead atoms. The quantitative estimate of drug-likeness (QED) is 0.780. The van der Waals surface area contributed by atoms with Crippen LogP contribution in [0.2, 0.25) is 5.02 Å². The zero-order chi connectivity index (χ0) is 18.6. The smallest absolute Gasteiger partial charge is 0.131 e. The van der Waals surface area contributed by atoms with Crippen LogP contribution in [0.5, 0.6) is 0 Å². The molecule has 2 atom stereocenters. The third kappa shape index (κ3) is 4.33. The Labute approximate surface area is 165 Å². The molecule has 2 aromatic rings. The number of hydrogen-bond acceptors (Lipinski definition) is 5. The van der Waals surface area contributed by atoms with E-state index in [4.69, 9.17) is 16.3 Å². The molecule has 0 saturated carbocycles. The van der Waals surface area contributed by atoms with Crippen molar-refractivity contribution < 1.29 is 4.74 Å². The maximum Gasteiger partial charge on any atom is 0.131 e. The van der Waals surface area contributed by atoms with Crippen molar-refractivity contribution in [3.05, 3.63) is 41.2 Å². The Kier molecular flexibility index (Phi) is 6.05. The second-order valence-electron chi connectivity index (χ2n) is 7.60. The fourth-order valence-electron chi connectivity index (χ4n) is 4.44. The minimum Gasteiger partial charge on any atom is -0.372 e. The van der Waals surface area contributed by atoms with Crippen LogP contribution in [0.15, 0.2) is 24.7 Å². The summed E-state index contributed by atoms with van der Waals surface area (Å²) in [5.41, 5.74) is 1.23. The Bertz CT molecular complexity index is 726. The predicted molar refractivity (Wildman–Crippen MR) is 105 cm³/mol. The van der Waals surface area contributed by atoms with Gasteiger partial charge in [-0.1, -0.05) is 11.6 Å². The van der Waals surface area contributed by atoms with Gasteiger partial charge in [0.25, 0.3) is 0 Å². The summed E-state index contributed by atoms with van der Waals surface area (Å²) >= 11 is 5.91. The van der Waals surface area contributed by atoms with E-state index in [0.717, 1.165) is 57.9 Å². The van der Waals surface area contributed by atoms with Crippen molar-refractivity contribution in [1.82, 2.24) is 24.6 Å². The van der Waals surface area contributed by atoms with Crippen LogP contribution >= 0.6 is 11.6 Å². The highest BCUT2D eigenvalue weighted by atomic mass is 35.5. The fraction of sp³-hybridized carbons (Fsp3) is 0.650. The first-order valence-corrected chi connectivity index (χ1v) is 10.5. The van der Waals surface area contributed by atoms with Crippen molar-refractivity contribution in [3.63, 3.8) is 0 Å². The first-order valence-electron chi connectivity index (χ1n) is 10.1. The highest BCUT2D eigenvalue weighted by molar-refractivity contribution is 6.30. The molecule has 2 aromatic heterocycles. The van der Waals surface area contributed by atoms with Gasteiger partial charge < -0.3 is 9.64 Å². The molecule has 27 heavy (non-hydrogen) atoms. The zero-order valence-corrected chi connectivity index (χ0v) is 16.7. The number of halogens is 1. The summed E-state index contributed by atoms with van der Waals surface area (Å²) in [6.07, 6.45) is 10.0. The van der Waals surface area contributed by atoms with Crippen LogP contribution in [0.3, 0.4) is 0 Å². The number of likely N-dealkylation sites (tertiary alicyclic amines) is 1. The molecule has 0 aliphatic carbocycles. The van der Waals surface area contributed by atoms with Gasteiger partial charge in [-0.3, -0.25) is 4.68 Å². The molecule has 0 unspecified atom stereocenters. The lowest BCUT2D eigenvalue weighted by atomic mass is 9.89. The van der Waals surface area contributed by atoms with Gasteiger partial charge in [0.15, 0.2) is 0 Å². The molecule has 0 amide bonds. The van der Waals surface area contributed by atoms with Gasteiger partial charge in [-0.2, -0.15) is 5.10 Å². The molecule has 0 spiro atoms. The first kappa shape index (κ1) is 18.8. The average molecular weight is 390 g/mol. The summed E-state index contributed by atoms with van der Waals surface area (Å²) < 4.78 is 8.28. The van der Waals surface area contributed by atoms with Gasteiger partial charge in [-0.05, 0) is 51.8 Å². The van der Waals surface area contributed by atoms with Gasteiger partial charge in [0, 0.05) is 50.1 Å². The van der Waals surface area contributed by atoms with Gasteiger partial charge in [-0.15, -0.1) is 0 Å². The summed E-state index contributed by atoms with van der Waals surface area (Å²) in [5, 5.41) is 5.04. The van der Waals surface area contributed by atoms with E-state index in [1.54, 1.807) is 12.4 Å². The Morgan fingerprint density at radius 3 is 2.70 bits per heavy atom. The van der Waals surface area contributed by atoms with Crippen LogP contribution < -0.4 is 0 Å². The van der Waals surface area contributed by atoms with E-state index < -0.39 is 0 Å². The number of hydrogen-bond donors (Lipinski definition) is 0. The molecular weight excluding hydrogens is 362 g/mol. The molecule has 4 heterocycles. The Hall–Kier alpha value is -1.50. The number of aromatic nitrogens is 4. The molecule has 2 saturated heterocycles. The van der Waals surface area contributed by atoms with E-state index in [1.165, 1.54) is 12.1 Å². The molecule has 0 aromatic carbocycles. The molecule has 4 rings (SSSR count). The topological polar surface area (TPSA) is 56.1 Å². The molecule has 146 valence electrons. The van der Waals surface area contributed by atoms with Crippen molar-refractivity contribution in [2.45, 2.75) is 51.2 Å². The van der Waals surface area contributed by atoms with Crippen LogP contribution in [-0.2, 0) is 11.3 Å². The summed E-state index contributed by atoms with van der Waals surface area (Å²) in [6.45, 7) is 7.15. The Morgan fingerprint density at radius 2 is 1.96 bits per heavy atom. The standard InChI is InChI=1S/C20H28ClN5O/c1-2-26-18(5-8-24-26)19-16(4-3-11-27-19)14-25-9-6-15(7-10-25)20-22-12-17(21)13-23-20/h5,8,12-13,15-16,19H,2-4,6-7,9-11,14H2,1H3/t16-,19+/m0/s1. The summed E-state index contributed by atoms with van der Waals surface area (Å²) in [6, 6.07) is 2.12. The highest BCUT2D eigenvalue weighted by Crippen LogP contribution is 2.35. The third-order valence-corrected chi connectivity index (χ3v) is 6.07. The lowest BCUT2D eigenvalue weighted by Gasteiger charge is -2.38. The predicted octanol–water partition coefficient (Wildman–Crippen LogP) is 3.69. The molecule has 6 nitrogen and oxygen atoms in total. The third-order valence-electron chi connectivity index (χ3n) is 5.87. The van der Waals surface area contributed by atoms with E-state index in [0.29, 0.717) is 16.9 Å². The zero-order valence-electron chi connectivity index (χ0n) is 15.9. The molecule has 2 aliphatic rings. The van der Waals surface area contributed by atoms with E-state index in [9.17, 15) is 0 Å². The van der Waals surface area contributed by atoms with Gasteiger partial charge in [0.1, 0.15) is 11.9 Å². The highest BCUT2D eigenvalue weighted by Gasteiger charge is 2.32. The van der Waals surface area contributed by atoms with E-state index >= 15 is 0 Å². The number of rotatable bonds is 5. The van der Waals surface area contributed by atoms with Crippen LogP contribution in [0.25, 0.3) is 0 Å². The number of nitrogens with zero attached hydrogens (tertiary/aromatic N) is 5. The Balaban J connectivity index is 1.36. The lowest BCUT2D eigenvalue weighted by Crippen LogP contribution is -2.40. The SMILES string of the molecule is CCn1nccc1[C@@H]1OCCC[C@H]1CN1CCC(c2ncc(Cl)cn2)CC1. The molecule has 2 aliphatic heterocycles. The van der Waals surface area contributed by atoms with Crippen LogP contribution in [0, 0.1) is 5.92 Å². The van der Waals surface area contributed by atoms with E-state index in [1.807, 2.05) is 6.20 Å². The first-order chi connectivity index (χ1) is 13.2. The van der Waals surface area contributed by atoms with Gasteiger partial charge in [0.2, 0.25) is 0 Å². The number of piperidine rings is 1. The minimum atomic E-state index is 0.165. The molecule has 2 fully saturated rings. The van der Waals surface area contributed by atoms with Gasteiger partial charge in [0.05, 0.1) is 10.7 Å². The Morgan fingerprint density at radius 1 is 1.19 bits per heavy atom. The number of ether oxygens (including phenoxy) is 1. The lowest BCUT2D eigenvalue weighted by molar-refractivity contribution is -0.0453. The minimum absolute atomic E-state index is 0.165. The van der Waals surface area contributed by atoms with Gasteiger partial charge >= 0.3 is 0 Å². The second kappa shape index (κ2) is 8.67. The van der Waals surface area contributed by atoms with E-state index in [-0.39, 0.29) is 6.10 Å². The summed E-state index contributed by atoms with van der Waals surface area (Å²) in [7, 11) is 0. The van der Waals surface area contributed by atoms with Crippen molar-refractivity contribution in [1.29, 1.82) is 0 Å². The van der Waals surface area contributed by atoms with Crippen molar-refractivity contribution in [2.24, 2.45) is 5.92 Å². The van der Waals surface area contributed by atoms with Crippen molar-refractivity contribution in [2.75, 3.05) is 26.2 Å². The summed E-state index contributed by atoms with van der Waals surface area (Å²) in [5.74, 6) is 1.91. The number of aryl methyl sites for hydroxylation is 1. The average Bonchev–Trinajstić information content (AvgIpc) is 3.18. The monoisotopic (exact) mass is 389 g/mol. The normalized spacial score (nSPS) is 25.0. The van der Waals surface area contributed by atoms with Crippen molar-refractivity contribution >= 4 is 11.6 Å². The molecule has 0 radical (unpaired) electrons. The maximum atomic E-state index is 6.20. The molecular formula is C20H28ClN5O. The molecule has 0 N–H and O–H groups in total. The fourth-order valence-corrected chi connectivity index (χ4v) is 4.54. The molecule has 7 heteroatoms. The van der Waals surface area contributed by atoms with Crippen molar-refractivity contribution in [3.8, 4) is 0 Å². The van der Waals surface area contributed by atoms with E-state index in [2.05, 4.69) is 37.6 Å². The maximum absolute atomic E-state index is 6.20. The van der Waals surface area contributed by atoms with Crippen LogP contribution in [0.1, 0.15) is 56.1 Å².